The van der Waals surface area contributed by atoms with Crippen LogP contribution in [0.5, 0.6) is 0 Å². The van der Waals surface area contributed by atoms with Crippen molar-refractivity contribution < 1.29 is 4.79 Å². The lowest BCUT2D eigenvalue weighted by Gasteiger charge is -2.13. The molecule has 0 amide bonds. The number of nitrogens with zero attached hydrogens (tertiary/aromatic N) is 2. The van der Waals surface area contributed by atoms with Gasteiger partial charge in [-0.15, -0.1) is 6.42 Å². The third-order valence-electron chi connectivity index (χ3n) is 2.04. The SMILES string of the molecule is C#CC(CCC)Nc1ncnc(Cl)c1C=O. The Labute approximate surface area is 99.4 Å². The molecule has 0 saturated heterocycles. The van der Waals surface area contributed by atoms with Gasteiger partial charge < -0.3 is 5.32 Å². The second kappa shape index (κ2) is 6.09. The molecule has 0 spiro atoms. The first-order chi connectivity index (χ1) is 7.72. The minimum absolute atomic E-state index is 0.125. The number of carbonyl (C=O) groups excluding carboxylic acids is 1. The van der Waals surface area contributed by atoms with Crippen molar-refractivity contribution in [2.75, 3.05) is 5.32 Å². The monoisotopic (exact) mass is 237 g/mol. The third-order valence-corrected chi connectivity index (χ3v) is 2.34. The molecule has 0 aliphatic rings. The molecule has 1 heterocycles. The first-order valence-corrected chi connectivity index (χ1v) is 5.29. The van der Waals surface area contributed by atoms with Gasteiger partial charge in [0.2, 0.25) is 0 Å². The summed E-state index contributed by atoms with van der Waals surface area (Å²) in [5.41, 5.74) is 0.237. The molecular weight excluding hydrogens is 226 g/mol. The van der Waals surface area contributed by atoms with E-state index in [0.717, 1.165) is 12.8 Å². The van der Waals surface area contributed by atoms with Crippen LogP contribution in [0.25, 0.3) is 0 Å². The molecular formula is C11H12ClN3O. The van der Waals surface area contributed by atoms with Gasteiger partial charge in [0.25, 0.3) is 0 Å². The lowest BCUT2D eigenvalue weighted by molar-refractivity contribution is 0.112. The number of aromatic nitrogens is 2. The van der Waals surface area contributed by atoms with Crippen LogP contribution in [0.15, 0.2) is 6.33 Å². The number of terminal acetylenes is 1. The van der Waals surface area contributed by atoms with E-state index in [9.17, 15) is 4.79 Å². The fraction of sp³-hybridized carbons (Fsp3) is 0.364. The van der Waals surface area contributed by atoms with E-state index in [2.05, 4.69) is 21.2 Å². The van der Waals surface area contributed by atoms with Crippen molar-refractivity contribution in [1.29, 1.82) is 0 Å². The predicted molar refractivity (Wildman–Crippen MR) is 63.6 cm³/mol. The molecule has 0 saturated carbocycles. The number of aldehydes is 1. The summed E-state index contributed by atoms with van der Waals surface area (Å²) in [4.78, 5) is 18.5. The smallest absolute Gasteiger partial charge is 0.156 e. The Bertz CT molecular complexity index is 414. The zero-order valence-electron chi connectivity index (χ0n) is 8.90. The number of hydrogen-bond acceptors (Lipinski definition) is 4. The lowest BCUT2D eigenvalue weighted by atomic mass is 10.2. The highest BCUT2D eigenvalue weighted by Crippen LogP contribution is 2.18. The quantitative estimate of drug-likeness (QED) is 0.484. The summed E-state index contributed by atoms with van der Waals surface area (Å²) in [6.07, 6.45) is 9.01. The van der Waals surface area contributed by atoms with Crippen molar-refractivity contribution in [2.45, 2.75) is 25.8 Å². The summed E-state index contributed by atoms with van der Waals surface area (Å²) in [6, 6.07) is -0.158. The standard InChI is InChI=1S/C11H12ClN3O/c1-3-5-8(4-2)15-11-9(6-16)10(12)13-7-14-11/h2,6-8H,3,5H2,1H3,(H,13,14,15). The molecule has 5 heteroatoms. The van der Waals surface area contributed by atoms with Crippen molar-refractivity contribution in [2.24, 2.45) is 0 Å². The first kappa shape index (κ1) is 12.5. The lowest BCUT2D eigenvalue weighted by Crippen LogP contribution is -2.19. The normalized spacial score (nSPS) is 11.6. The molecule has 0 radical (unpaired) electrons. The van der Waals surface area contributed by atoms with Gasteiger partial charge in [-0.2, -0.15) is 0 Å². The second-order valence-electron chi connectivity index (χ2n) is 3.20. The Morgan fingerprint density at radius 1 is 1.69 bits per heavy atom. The topological polar surface area (TPSA) is 54.9 Å². The zero-order chi connectivity index (χ0) is 12.0. The number of halogens is 1. The van der Waals surface area contributed by atoms with Gasteiger partial charge in [-0.1, -0.05) is 30.9 Å². The molecule has 4 nitrogen and oxygen atoms in total. The Kier molecular flexibility index (Phi) is 4.74. The molecule has 1 rings (SSSR count). The van der Waals surface area contributed by atoms with Crippen molar-refractivity contribution in [3.63, 3.8) is 0 Å². The van der Waals surface area contributed by atoms with Crippen LogP contribution in [0.4, 0.5) is 5.82 Å². The maximum atomic E-state index is 10.8. The highest BCUT2D eigenvalue weighted by Gasteiger charge is 2.11. The fourth-order valence-corrected chi connectivity index (χ4v) is 1.42. The molecule has 0 fully saturated rings. The summed E-state index contributed by atoms with van der Waals surface area (Å²) in [6.45, 7) is 2.03. The van der Waals surface area contributed by atoms with Crippen molar-refractivity contribution in [1.82, 2.24) is 9.97 Å². The average Bonchev–Trinajstić information content (AvgIpc) is 2.28. The van der Waals surface area contributed by atoms with Crippen LogP contribution in [0.3, 0.4) is 0 Å². The van der Waals surface area contributed by atoms with Gasteiger partial charge in [0, 0.05) is 0 Å². The number of nitrogens with one attached hydrogen (secondary N) is 1. The molecule has 0 aromatic carbocycles. The molecule has 0 aliphatic heterocycles. The van der Waals surface area contributed by atoms with E-state index in [0.29, 0.717) is 12.1 Å². The highest BCUT2D eigenvalue weighted by atomic mass is 35.5. The van der Waals surface area contributed by atoms with E-state index in [1.165, 1.54) is 6.33 Å². The molecule has 0 bridgehead atoms. The van der Waals surface area contributed by atoms with Crippen LogP contribution in [0, 0.1) is 12.3 Å². The highest BCUT2D eigenvalue weighted by molar-refractivity contribution is 6.32. The minimum Gasteiger partial charge on any atom is -0.356 e. The van der Waals surface area contributed by atoms with E-state index in [4.69, 9.17) is 18.0 Å². The second-order valence-corrected chi connectivity index (χ2v) is 3.55. The summed E-state index contributed by atoms with van der Waals surface area (Å²) < 4.78 is 0. The summed E-state index contributed by atoms with van der Waals surface area (Å²) in [5.74, 6) is 2.97. The van der Waals surface area contributed by atoms with Gasteiger partial charge >= 0.3 is 0 Å². The van der Waals surface area contributed by atoms with Crippen LogP contribution in [-0.4, -0.2) is 22.3 Å². The average molecular weight is 238 g/mol. The van der Waals surface area contributed by atoms with Crippen LogP contribution < -0.4 is 5.32 Å². The Balaban J connectivity index is 2.92. The van der Waals surface area contributed by atoms with Crippen LogP contribution >= 0.6 is 11.6 Å². The van der Waals surface area contributed by atoms with E-state index < -0.39 is 0 Å². The molecule has 0 aliphatic carbocycles. The van der Waals surface area contributed by atoms with Gasteiger partial charge in [0.05, 0.1) is 11.6 Å². The number of carbonyl (C=O) groups is 1. The summed E-state index contributed by atoms with van der Waals surface area (Å²) in [5, 5.41) is 3.11. The van der Waals surface area contributed by atoms with Crippen molar-refractivity contribution in [3.8, 4) is 12.3 Å². The molecule has 16 heavy (non-hydrogen) atoms. The number of anilines is 1. The third kappa shape index (κ3) is 2.94. The van der Waals surface area contributed by atoms with E-state index in [1.54, 1.807) is 0 Å². The van der Waals surface area contributed by atoms with Gasteiger partial charge in [-0.05, 0) is 6.42 Å². The van der Waals surface area contributed by atoms with Gasteiger partial charge in [0.15, 0.2) is 6.29 Å². The molecule has 1 unspecified atom stereocenters. The molecule has 1 atom stereocenters. The van der Waals surface area contributed by atoms with Gasteiger partial charge in [-0.3, -0.25) is 4.79 Å². The molecule has 84 valence electrons. The maximum Gasteiger partial charge on any atom is 0.156 e. The van der Waals surface area contributed by atoms with Crippen LogP contribution in [0.2, 0.25) is 5.15 Å². The summed E-state index contributed by atoms with van der Waals surface area (Å²) >= 11 is 5.76. The minimum atomic E-state index is -0.158. The van der Waals surface area contributed by atoms with E-state index in [1.807, 2.05) is 6.92 Å². The molecule has 1 aromatic rings. The first-order valence-electron chi connectivity index (χ1n) is 4.91. The Hall–Kier alpha value is -1.60. The van der Waals surface area contributed by atoms with Gasteiger partial charge in [0.1, 0.15) is 17.3 Å². The number of hydrogen-bond donors (Lipinski definition) is 1. The van der Waals surface area contributed by atoms with Crippen molar-refractivity contribution in [3.05, 3.63) is 17.0 Å². The van der Waals surface area contributed by atoms with E-state index >= 15 is 0 Å². The fourth-order valence-electron chi connectivity index (χ4n) is 1.24. The number of rotatable bonds is 5. The molecule has 1 aromatic heterocycles. The maximum absolute atomic E-state index is 10.8. The Morgan fingerprint density at radius 3 is 3.00 bits per heavy atom. The summed E-state index contributed by atoms with van der Waals surface area (Å²) in [7, 11) is 0. The Morgan fingerprint density at radius 2 is 2.44 bits per heavy atom. The van der Waals surface area contributed by atoms with Gasteiger partial charge in [-0.25, -0.2) is 9.97 Å². The predicted octanol–water partition coefficient (Wildman–Crippen LogP) is 2.16. The van der Waals surface area contributed by atoms with Crippen LogP contribution in [-0.2, 0) is 0 Å². The van der Waals surface area contributed by atoms with E-state index in [-0.39, 0.29) is 16.8 Å². The molecule has 1 N–H and O–H groups in total. The zero-order valence-corrected chi connectivity index (χ0v) is 9.66. The van der Waals surface area contributed by atoms with Crippen LogP contribution in [0.1, 0.15) is 30.1 Å². The largest absolute Gasteiger partial charge is 0.356 e. The van der Waals surface area contributed by atoms with Crippen molar-refractivity contribution >= 4 is 23.7 Å².